The SMILES string of the molecule is CC(NC(=C(C#N)C(=O)O)c1cccnc1Cl)c1ccc(Cl)nc1. The molecule has 122 valence electrons. The number of halogens is 2. The Balaban J connectivity index is 2.48. The van der Waals surface area contributed by atoms with Gasteiger partial charge in [-0.05, 0) is 30.7 Å². The third kappa shape index (κ3) is 4.02. The van der Waals surface area contributed by atoms with Crippen molar-refractivity contribution in [1.29, 1.82) is 5.26 Å². The molecule has 8 heteroatoms. The summed E-state index contributed by atoms with van der Waals surface area (Å²) < 4.78 is 0. The molecule has 0 saturated heterocycles. The highest BCUT2D eigenvalue weighted by molar-refractivity contribution is 6.31. The van der Waals surface area contributed by atoms with Gasteiger partial charge < -0.3 is 10.4 Å². The van der Waals surface area contributed by atoms with Crippen LogP contribution < -0.4 is 5.32 Å². The van der Waals surface area contributed by atoms with Crippen LogP contribution in [0.15, 0.2) is 42.2 Å². The average Bonchev–Trinajstić information content (AvgIpc) is 2.55. The zero-order valence-corrected chi connectivity index (χ0v) is 14.0. The predicted octanol–water partition coefficient (Wildman–Crippen LogP) is 3.45. The summed E-state index contributed by atoms with van der Waals surface area (Å²) in [6, 6.07) is 7.91. The van der Waals surface area contributed by atoms with Crippen molar-refractivity contribution in [2.24, 2.45) is 0 Å². The van der Waals surface area contributed by atoms with Crippen LogP contribution in [0.5, 0.6) is 0 Å². The third-order valence-electron chi connectivity index (χ3n) is 3.22. The number of nitrogens with zero attached hydrogens (tertiary/aromatic N) is 3. The lowest BCUT2D eigenvalue weighted by Crippen LogP contribution is -2.21. The van der Waals surface area contributed by atoms with Gasteiger partial charge in [-0.1, -0.05) is 29.3 Å². The number of aliphatic carboxylic acids is 1. The van der Waals surface area contributed by atoms with Gasteiger partial charge in [-0.25, -0.2) is 14.8 Å². The predicted molar refractivity (Wildman–Crippen MR) is 90.2 cm³/mol. The minimum atomic E-state index is -1.36. The number of carboxylic acids is 1. The fourth-order valence-electron chi connectivity index (χ4n) is 2.01. The minimum Gasteiger partial charge on any atom is -0.477 e. The fourth-order valence-corrected chi connectivity index (χ4v) is 2.34. The van der Waals surface area contributed by atoms with Crippen molar-refractivity contribution < 1.29 is 9.90 Å². The maximum absolute atomic E-state index is 11.4. The first kappa shape index (κ1) is 17.7. The van der Waals surface area contributed by atoms with Crippen molar-refractivity contribution in [3.63, 3.8) is 0 Å². The number of aromatic nitrogens is 2. The second-order valence-corrected chi connectivity index (χ2v) is 5.53. The highest BCUT2D eigenvalue weighted by Gasteiger charge is 2.20. The molecule has 2 aromatic heterocycles. The molecule has 0 spiro atoms. The molecule has 6 nitrogen and oxygen atoms in total. The molecule has 0 amide bonds. The highest BCUT2D eigenvalue weighted by atomic mass is 35.5. The first-order chi connectivity index (χ1) is 11.4. The zero-order chi connectivity index (χ0) is 17.7. The van der Waals surface area contributed by atoms with Crippen LogP contribution in [-0.4, -0.2) is 21.0 Å². The molecular weight excluding hydrogens is 351 g/mol. The lowest BCUT2D eigenvalue weighted by molar-refractivity contribution is -0.132. The quantitative estimate of drug-likeness (QED) is 0.480. The molecule has 0 bridgehead atoms. The van der Waals surface area contributed by atoms with Crippen molar-refractivity contribution in [1.82, 2.24) is 15.3 Å². The topological polar surface area (TPSA) is 98.9 Å². The first-order valence-electron chi connectivity index (χ1n) is 6.80. The molecule has 0 aliphatic rings. The molecule has 0 aromatic carbocycles. The smallest absolute Gasteiger partial charge is 0.348 e. The van der Waals surface area contributed by atoms with E-state index in [4.69, 9.17) is 23.2 Å². The summed E-state index contributed by atoms with van der Waals surface area (Å²) in [4.78, 5) is 19.3. The molecule has 0 aliphatic carbocycles. The molecule has 24 heavy (non-hydrogen) atoms. The number of hydrogen-bond acceptors (Lipinski definition) is 5. The first-order valence-corrected chi connectivity index (χ1v) is 7.56. The Morgan fingerprint density at radius 3 is 2.62 bits per heavy atom. The number of nitrogens with one attached hydrogen (secondary N) is 1. The van der Waals surface area contributed by atoms with Crippen molar-refractivity contribution in [3.8, 4) is 6.07 Å². The van der Waals surface area contributed by atoms with Crippen LogP contribution in [-0.2, 0) is 4.79 Å². The highest BCUT2D eigenvalue weighted by Crippen LogP contribution is 2.26. The summed E-state index contributed by atoms with van der Waals surface area (Å²) in [5.41, 5.74) is 0.718. The van der Waals surface area contributed by atoms with Crippen molar-refractivity contribution >= 4 is 34.9 Å². The molecular formula is C16H12Cl2N4O2. The van der Waals surface area contributed by atoms with Crippen LogP contribution >= 0.6 is 23.2 Å². The maximum Gasteiger partial charge on any atom is 0.348 e. The molecule has 2 rings (SSSR count). The average molecular weight is 363 g/mol. The molecule has 0 fully saturated rings. The lowest BCUT2D eigenvalue weighted by Gasteiger charge is -2.19. The Morgan fingerprint density at radius 2 is 2.08 bits per heavy atom. The van der Waals surface area contributed by atoms with E-state index in [0.29, 0.717) is 10.7 Å². The van der Waals surface area contributed by atoms with Crippen LogP contribution in [0.25, 0.3) is 5.70 Å². The van der Waals surface area contributed by atoms with Gasteiger partial charge in [0.1, 0.15) is 16.4 Å². The summed E-state index contributed by atoms with van der Waals surface area (Å²) in [6.45, 7) is 1.80. The van der Waals surface area contributed by atoms with E-state index in [2.05, 4.69) is 15.3 Å². The van der Waals surface area contributed by atoms with Crippen LogP contribution in [0.3, 0.4) is 0 Å². The van der Waals surface area contributed by atoms with Gasteiger partial charge in [0.25, 0.3) is 0 Å². The standard InChI is InChI=1S/C16H12Cl2N4O2/c1-9(10-4-5-13(17)21-8-10)22-14(12(7-19)16(23)24)11-3-2-6-20-15(11)18/h2-6,8-9,22H,1H3,(H,23,24). The molecule has 2 aromatic rings. The van der Waals surface area contributed by atoms with E-state index in [1.807, 2.05) is 0 Å². The summed E-state index contributed by atoms with van der Waals surface area (Å²) in [6.07, 6.45) is 3.04. The van der Waals surface area contributed by atoms with Crippen LogP contribution in [0.1, 0.15) is 24.1 Å². The Bertz CT molecular complexity index is 829. The molecule has 0 radical (unpaired) electrons. The van der Waals surface area contributed by atoms with Gasteiger partial charge >= 0.3 is 5.97 Å². The zero-order valence-electron chi connectivity index (χ0n) is 12.5. The van der Waals surface area contributed by atoms with Crippen molar-refractivity contribution in [3.05, 3.63) is 63.7 Å². The summed E-state index contributed by atoms with van der Waals surface area (Å²) in [5, 5.41) is 22.0. The third-order valence-corrected chi connectivity index (χ3v) is 3.74. The largest absolute Gasteiger partial charge is 0.477 e. The van der Waals surface area contributed by atoms with Crippen molar-refractivity contribution in [2.75, 3.05) is 0 Å². The molecule has 0 saturated carbocycles. The minimum absolute atomic E-state index is 0.0885. The number of rotatable bonds is 5. The van der Waals surface area contributed by atoms with Crippen LogP contribution in [0.4, 0.5) is 0 Å². The normalized spacial score (nSPS) is 12.8. The summed E-state index contributed by atoms with van der Waals surface area (Å²) >= 11 is 11.8. The van der Waals surface area contributed by atoms with E-state index < -0.39 is 11.5 Å². The second kappa shape index (κ2) is 7.77. The number of nitriles is 1. The Labute approximate surface area is 148 Å². The van der Waals surface area contributed by atoms with Crippen LogP contribution in [0.2, 0.25) is 10.3 Å². The fraction of sp³-hybridized carbons (Fsp3) is 0.125. The van der Waals surface area contributed by atoms with Gasteiger partial charge in [0.2, 0.25) is 0 Å². The number of carboxylic acid groups (broad SMARTS) is 1. The van der Waals surface area contributed by atoms with E-state index >= 15 is 0 Å². The van der Waals surface area contributed by atoms with E-state index in [-0.39, 0.29) is 16.9 Å². The molecule has 0 aliphatic heterocycles. The van der Waals surface area contributed by atoms with Gasteiger partial charge in [-0.3, -0.25) is 0 Å². The summed E-state index contributed by atoms with van der Waals surface area (Å²) in [7, 11) is 0. The second-order valence-electron chi connectivity index (χ2n) is 4.79. The molecule has 1 atom stereocenters. The Hall–Kier alpha value is -2.62. The number of hydrogen-bond donors (Lipinski definition) is 2. The Kier molecular flexibility index (Phi) is 5.74. The van der Waals surface area contributed by atoms with Gasteiger partial charge in [-0.15, -0.1) is 0 Å². The lowest BCUT2D eigenvalue weighted by atomic mass is 10.1. The van der Waals surface area contributed by atoms with Crippen molar-refractivity contribution in [2.45, 2.75) is 13.0 Å². The van der Waals surface area contributed by atoms with Gasteiger partial charge in [-0.2, -0.15) is 5.26 Å². The van der Waals surface area contributed by atoms with Crippen LogP contribution in [0, 0.1) is 11.3 Å². The number of carbonyl (C=O) groups is 1. The molecule has 2 heterocycles. The number of pyridine rings is 2. The van der Waals surface area contributed by atoms with E-state index in [1.165, 1.54) is 6.20 Å². The molecule has 2 N–H and O–H groups in total. The Morgan fingerprint density at radius 1 is 1.33 bits per heavy atom. The van der Waals surface area contributed by atoms with Gasteiger partial charge in [0.05, 0.1) is 11.7 Å². The summed E-state index contributed by atoms with van der Waals surface area (Å²) in [5.74, 6) is -1.36. The maximum atomic E-state index is 11.4. The molecule has 1 unspecified atom stereocenters. The van der Waals surface area contributed by atoms with Gasteiger partial charge in [0.15, 0.2) is 5.57 Å². The monoisotopic (exact) mass is 362 g/mol. The van der Waals surface area contributed by atoms with E-state index in [0.717, 1.165) is 5.56 Å². The van der Waals surface area contributed by atoms with E-state index in [1.54, 1.807) is 43.5 Å². The van der Waals surface area contributed by atoms with Gasteiger partial charge in [0, 0.05) is 18.0 Å². The van der Waals surface area contributed by atoms with E-state index in [9.17, 15) is 15.2 Å².